The molecule has 0 unspecified atom stereocenters. The predicted octanol–water partition coefficient (Wildman–Crippen LogP) is 3.00. The first-order valence-corrected chi connectivity index (χ1v) is 7.74. The molecule has 0 aliphatic heterocycles. The van der Waals surface area contributed by atoms with Gasteiger partial charge in [-0.05, 0) is 37.9 Å². The van der Waals surface area contributed by atoms with Crippen LogP contribution in [0.25, 0.3) is 11.5 Å². The third-order valence-electron chi connectivity index (χ3n) is 2.80. The van der Waals surface area contributed by atoms with Gasteiger partial charge in [-0.25, -0.2) is 0 Å². The summed E-state index contributed by atoms with van der Waals surface area (Å²) in [6.07, 6.45) is 3.88. The Morgan fingerprint density at radius 2 is 2.11 bits per heavy atom. The van der Waals surface area contributed by atoms with Crippen LogP contribution in [0.15, 0.2) is 33.6 Å². The minimum absolute atomic E-state index is 0.614. The third-order valence-corrected chi connectivity index (χ3v) is 3.59. The zero-order valence-electron chi connectivity index (χ0n) is 11.3. The van der Waals surface area contributed by atoms with Gasteiger partial charge in [-0.15, -0.1) is 22.0 Å². The van der Waals surface area contributed by atoms with Crippen LogP contribution in [0.1, 0.15) is 19.2 Å². The van der Waals surface area contributed by atoms with E-state index < -0.39 is 0 Å². The van der Waals surface area contributed by atoms with Crippen LogP contribution in [0.4, 0.5) is 0 Å². The SMILES string of the molecule is CCNCCCc1nnc(-c2ccccc2SC)o1. The molecular weight excluding hydrogens is 258 g/mol. The van der Waals surface area contributed by atoms with Gasteiger partial charge < -0.3 is 9.73 Å². The molecule has 0 radical (unpaired) electrons. The van der Waals surface area contributed by atoms with Gasteiger partial charge >= 0.3 is 0 Å². The predicted molar refractivity (Wildman–Crippen MR) is 78.4 cm³/mol. The van der Waals surface area contributed by atoms with E-state index in [1.807, 2.05) is 24.5 Å². The van der Waals surface area contributed by atoms with E-state index in [1.54, 1.807) is 11.8 Å². The summed E-state index contributed by atoms with van der Waals surface area (Å²) in [7, 11) is 0. The molecular formula is C14H19N3OS. The standard InChI is InChI=1S/C14H19N3OS/c1-3-15-10-6-9-13-16-17-14(18-13)11-7-4-5-8-12(11)19-2/h4-5,7-8,15H,3,6,9-10H2,1-2H3. The minimum Gasteiger partial charge on any atom is -0.421 e. The summed E-state index contributed by atoms with van der Waals surface area (Å²) < 4.78 is 5.73. The summed E-state index contributed by atoms with van der Waals surface area (Å²) >= 11 is 1.69. The van der Waals surface area contributed by atoms with E-state index >= 15 is 0 Å². The molecule has 2 rings (SSSR count). The summed E-state index contributed by atoms with van der Waals surface area (Å²) in [5.74, 6) is 1.33. The van der Waals surface area contributed by atoms with Gasteiger partial charge in [0, 0.05) is 11.3 Å². The number of hydrogen-bond acceptors (Lipinski definition) is 5. The molecule has 0 aliphatic rings. The maximum absolute atomic E-state index is 5.73. The molecule has 1 heterocycles. The van der Waals surface area contributed by atoms with Crippen molar-refractivity contribution in [2.24, 2.45) is 0 Å². The third kappa shape index (κ3) is 3.81. The number of aryl methyl sites for hydroxylation is 1. The van der Waals surface area contributed by atoms with Crippen molar-refractivity contribution in [3.8, 4) is 11.5 Å². The second kappa shape index (κ2) is 7.31. The molecule has 2 aromatic rings. The van der Waals surface area contributed by atoms with Crippen molar-refractivity contribution in [3.05, 3.63) is 30.2 Å². The maximum Gasteiger partial charge on any atom is 0.248 e. The first kappa shape index (κ1) is 14.1. The van der Waals surface area contributed by atoms with E-state index in [2.05, 4.69) is 28.5 Å². The van der Waals surface area contributed by atoms with Gasteiger partial charge in [0.05, 0.1) is 5.56 Å². The van der Waals surface area contributed by atoms with Crippen LogP contribution in [0, 0.1) is 0 Å². The average Bonchev–Trinajstić information content (AvgIpc) is 2.92. The van der Waals surface area contributed by atoms with E-state index in [0.29, 0.717) is 11.8 Å². The van der Waals surface area contributed by atoms with Gasteiger partial charge in [0.2, 0.25) is 11.8 Å². The van der Waals surface area contributed by atoms with Crippen molar-refractivity contribution in [2.75, 3.05) is 19.3 Å². The number of nitrogens with one attached hydrogen (secondary N) is 1. The fourth-order valence-electron chi connectivity index (χ4n) is 1.83. The quantitative estimate of drug-likeness (QED) is 0.623. The lowest BCUT2D eigenvalue weighted by molar-refractivity contribution is 0.492. The first-order valence-electron chi connectivity index (χ1n) is 6.51. The molecule has 0 aliphatic carbocycles. The number of benzene rings is 1. The molecule has 0 atom stereocenters. The number of aromatic nitrogens is 2. The van der Waals surface area contributed by atoms with Crippen molar-refractivity contribution in [1.29, 1.82) is 0 Å². The van der Waals surface area contributed by atoms with E-state index in [9.17, 15) is 0 Å². The molecule has 4 nitrogen and oxygen atoms in total. The smallest absolute Gasteiger partial charge is 0.248 e. The Morgan fingerprint density at radius 3 is 2.89 bits per heavy atom. The Morgan fingerprint density at radius 1 is 1.26 bits per heavy atom. The van der Waals surface area contributed by atoms with Gasteiger partial charge in [-0.1, -0.05) is 19.1 Å². The summed E-state index contributed by atoms with van der Waals surface area (Å²) in [6, 6.07) is 8.09. The number of thioether (sulfide) groups is 1. The van der Waals surface area contributed by atoms with Gasteiger partial charge in [0.25, 0.3) is 0 Å². The van der Waals surface area contributed by atoms with E-state index in [-0.39, 0.29) is 0 Å². The highest BCUT2D eigenvalue weighted by molar-refractivity contribution is 7.98. The van der Waals surface area contributed by atoms with Gasteiger partial charge in [-0.2, -0.15) is 0 Å². The Labute approximate surface area is 118 Å². The van der Waals surface area contributed by atoms with Crippen molar-refractivity contribution in [1.82, 2.24) is 15.5 Å². The number of nitrogens with zero attached hydrogens (tertiary/aromatic N) is 2. The van der Waals surface area contributed by atoms with Gasteiger partial charge in [-0.3, -0.25) is 0 Å². The summed E-state index contributed by atoms with van der Waals surface area (Å²) in [6.45, 7) is 4.08. The molecule has 0 amide bonds. The molecule has 5 heteroatoms. The Bertz CT molecular complexity index is 513. The van der Waals surface area contributed by atoms with Crippen LogP contribution in [0.5, 0.6) is 0 Å². The molecule has 0 fully saturated rings. The number of hydrogen-bond donors (Lipinski definition) is 1. The monoisotopic (exact) mass is 277 g/mol. The fourth-order valence-corrected chi connectivity index (χ4v) is 2.42. The Hall–Kier alpha value is -1.33. The zero-order chi connectivity index (χ0) is 13.5. The molecule has 1 aromatic carbocycles. The van der Waals surface area contributed by atoms with Crippen LogP contribution in [0.2, 0.25) is 0 Å². The summed E-state index contributed by atoms with van der Waals surface area (Å²) in [5, 5.41) is 11.5. The second-order valence-corrected chi connectivity index (χ2v) is 5.01. The first-order chi connectivity index (χ1) is 9.35. The summed E-state index contributed by atoms with van der Waals surface area (Å²) in [5.41, 5.74) is 1.01. The highest BCUT2D eigenvalue weighted by Gasteiger charge is 2.11. The van der Waals surface area contributed by atoms with Crippen LogP contribution in [0.3, 0.4) is 0 Å². The lowest BCUT2D eigenvalue weighted by Gasteiger charge is -2.01. The molecule has 0 saturated heterocycles. The molecule has 0 spiro atoms. The van der Waals surface area contributed by atoms with Crippen molar-refractivity contribution in [2.45, 2.75) is 24.7 Å². The van der Waals surface area contributed by atoms with Crippen LogP contribution >= 0.6 is 11.8 Å². The van der Waals surface area contributed by atoms with Crippen molar-refractivity contribution < 1.29 is 4.42 Å². The van der Waals surface area contributed by atoms with Crippen LogP contribution in [-0.2, 0) is 6.42 Å². The maximum atomic E-state index is 5.73. The lowest BCUT2D eigenvalue weighted by atomic mass is 10.2. The molecule has 19 heavy (non-hydrogen) atoms. The van der Waals surface area contributed by atoms with Crippen molar-refractivity contribution in [3.63, 3.8) is 0 Å². The average molecular weight is 277 g/mol. The van der Waals surface area contributed by atoms with Crippen LogP contribution in [-0.4, -0.2) is 29.5 Å². The second-order valence-electron chi connectivity index (χ2n) is 4.16. The van der Waals surface area contributed by atoms with Crippen molar-refractivity contribution >= 4 is 11.8 Å². The highest BCUT2D eigenvalue weighted by atomic mass is 32.2. The molecule has 1 aromatic heterocycles. The molecule has 1 N–H and O–H groups in total. The van der Waals surface area contributed by atoms with Gasteiger partial charge in [0.15, 0.2) is 0 Å². The molecule has 0 bridgehead atoms. The minimum atomic E-state index is 0.614. The number of rotatable bonds is 7. The topological polar surface area (TPSA) is 51.0 Å². The van der Waals surface area contributed by atoms with E-state index in [1.165, 1.54) is 0 Å². The van der Waals surface area contributed by atoms with Gasteiger partial charge in [0.1, 0.15) is 0 Å². The van der Waals surface area contributed by atoms with E-state index in [4.69, 9.17) is 4.42 Å². The molecule has 0 saturated carbocycles. The highest BCUT2D eigenvalue weighted by Crippen LogP contribution is 2.28. The summed E-state index contributed by atoms with van der Waals surface area (Å²) in [4.78, 5) is 1.16. The van der Waals surface area contributed by atoms with E-state index in [0.717, 1.165) is 36.4 Å². The normalized spacial score (nSPS) is 10.8. The molecule has 102 valence electrons. The Kier molecular flexibility index (Phi) is 5.42. The Balaban J connectivity index is 2.04. The lowest BCUT2D eigenvalue weighted by Crippen LogP contribution is -2.14. The van der Waals surface area contributed by atoms with Crippen LogP contribution < -0.4 is 5.32 Å². The largest absolute Gasteiger partial charge is 0.421 e. The zero-order valence-corrected chi connectivity index (χ0v) is 12.2. The fraction of sp³-hybridized carbons (Fsp3) is 0.429.